The second-order valence-electron chi connectivity index (χ2n) is 8.52. The molecule has 3 aromatic heterocycles. The molecular weight excluding hydrogens is 649 g/mol. The Morgan fingerprint density at radius 3 is 2.42 bits per heavy atom. The Morgan fingerprint density at radius 1 is 0.789 bits per heavy atom. The Balaban J connectivity index is 0.000000179. The van der Waals surface area contributed by atoms with Gasteiger partial charge in [-0.1, -0.05) is 63.1 Å². The monoisotopic (exact) mass is 671 g/mol. The van der Waals surface area contributed by atoms with Crippen LogP contribution in [0.15, 0.2) is 120 Å². The van der Waals surface area contributed by atoms with Gasteiger partial charge in [0.15, 0.2) is 0 Å². The van der Waals surface area contributed by atoms with E-state index >= 15 is 0 Å². The van der Waals surface area contributed by atoms with E-state index in [1.54, 1.807) is 6.20 Å². The average Bonchev–Trinajstić information content (AvgIpc) is 3.60. The van der Waals surface area contributed by atoms with Crippen molar-refractivity contribution in [3.05, 3.63) is 133 Å². The maximum Gasteiger partial charge on any atom is 0.499 e. The summed E-state index contributed by atoms with van der Waals surface area (Å²) in [6.07, 6.45) is 7.52. The zero-order valence-electron chi connectivity index (χ0n) is 20.5. The Kier molecular flexibility index (Phi) is 7.48. The van der Waals surface area contributed by atoms with Crippen LogP contribution in [0.25, 0.3) is 33.3 Å². The van der Waals surface area contributed by atoms with Gasteiger partial charge in [-0.05, 0) is 29.6 Å². The summed E-state index contributed by atoms with van der Waals surface area (Å²) in [7, 11) is 0. The zero-order valence-corrected chi connectivity index (χ0v) is 22.9. The summed E-state index contributed by atoms with van der Waals surface area (Å²) in [5.41, 5.74) is 6.47. The normalized spacial score (nSPS) is 11.9. The van der Waals surface area contributed by atoms with E-state index in [0.717, 1.165) is 33.4 Å². The van der Waals surface area contributed by atoms with Crippen molar-refractivity contribution in [2.24, 2.45) is 0 Å². The molecule has 0 unspecified atom stereocenters. The molecule has 6 heteroatoms. The predicted octanol–water partition coefficient (Wildman–Crippen LogP) is 7.28. The molecule has 0 saturated heterocycles. The number of nitrogens with zero attached hydrogens (tertiary/aromatic N) is 4. The van der Waals surface area contributed by atoms with E-state index in [9.17, 15) is 0 Å². The molecule has 0 spiro atoms. The van der Waals surface area contributed by atoms with Crippen molar-refractivity contribution in [2.45, 2.75) is 6.92 Å². The van der Waals surface area contributed by atoms with Crippen LogP contribution in [-0.4, -0.2) is 25.1 Å². The topological polar surface area (TPSA) is 44.9 Å². The Labute approximate surface area is 234 Å². The molecule has 1 radical (unpaired) electrons. The quantitative estimate of drug-likeness (QED) is 0.147. The van der Waals surface area contributed by atoms with Gasteiger partial charge >= 0.3 is 6.01 Å². The first-order valence-electron chi connectivity index (χ1n) is 11.9. The van der Waals surface area contributed by atoms with Crippen LogP contribution in [0.4, 0.5) is 11.4 Å². The van der Waals surface area contributed by atoms with Crippen LogP contribution in [0.1, 0.15) is 5.56 Å². The number of hydrogen-bond acceptors (Lipinski definition) is 3. The van der Waals surface area contributed by atoms with Crippen molar-refractivity contribution in [3.8, 4) is 11.3 Å². The van der Waals surface area contributed by atoms with E-state index in [0.29, 0.717) is 11.3 Å². The van der Waals surface area contributed by atoms with Crippen molar-refractivity contribution < 1.29 is 33.7 Å². The summed E-state index contributed by atoms with van der Waals surface area (Å²) in [4.78, 5) is 8.58. The largest absolute Gasteiger partial charge is 0.499 e. The second-order valence-corrected chi connectivity index (χ2v) is 8.52. The first-order valence-corrected chi connectivity index (χ1v) is 11.9. The SMILES string of the molecule is C1=[N+](c2[c-]c3oc4ncccc4c3cc2)C=C[N+]=1c1ccccc1.Cc1ccc(-c2[c-]cccc2)nc1.[Ir]. The molecule has 0 bridgehead atoms. The molecular formula is C32H22IrN4O. The van der Waals surface area contributed by atoms with Crippen LogP contribution in [-0.2, 0) is 20.1 Å². The maximum absolute atomic E-state index is 5.81. The van der Waals surface area contributed by atoms with Crippen LogP contribution in [0.3, 0.4) is 0 Å². The smallest absolute Gasteiger partial charge is 0.465 e. The van der Waals surface area contributed by atoms with E-state index in [2.05, 4.69) is 34.2 Å². The van der Waals surface area contributed by atoms with Crippen molar-refractivity contribution in [3.63, 3.8) is 0 Å². The number of benzene rings is 3. The number of aryl methyl sites for hydroxylation is 1. The minimum Gasteiger partial charge on any atom is -0.465 e. The van der Waals surface area contributed by atoms with Crippen LogP contribution < -0.4 is 0 Å². The first-order chi connectivity index (χ1) is 18.2. The fourth-order valence-electron chi connectivity index (χ4n) is 4.03. The fourth-order valence-corrected chi connectivity index (χ4v) is 4.03. The Morgan fingerprint density at radius 2 is 1.63 bits per heavy atom. The molecule has 6 aromatic rings. The standard InChI is InChI=1S/C20H12N3O.C12H10N.Ir/c1-2-5-15(6-3-1)22-11-12-23(14-22)16-8-9-17-18-7-4-10-21-20(18)24-19(17)13-16;1-10-7-8-12(13-9-10)11-5-3-2-4-6-11;/h1-12H;2-5,7-9H,1H3;/q+1;-1;. The molecule has 7 rings (SSSR count). The molecule has 1 aliphatic rings. The number of fused-ring (bicyclic) bond motifs is 3. The third-order valence-electron chi connectivity index (χ3n) is 5.92. The molecule has 0 fully saturated rings. The molecule has 0 saturated carbocycles. The minimum absolute atomic E-state index is 0. The van der Waals surface area contributed by atoms with Crippen LogP contribution >= 0.6 is 0 Å². The predicted molar refractivity (Wildman–Crippen MR) is 144 cm³/mol. The Bertz CT molecular complexity index is 1800. The second kappa shape index (κ2) is 11.3. The number of rotatable bonds is 3. The number of furan rings is 1. The molecule has 1 aliphatic heterocycles. The molecule has 185 valence electrons. The van der Waals surface area contributed by atoms with Gasteiger partial charge in [-0.25, -0.2) is 4.98 Å². The van der Waals surface area contributed by atoms with E-state index in [1.807, 2.05) is 120 Å². The summed E-state index contributed by atoms with van der Waals surface area (Å²) >= 11 is 0. The van der Waals surface area contributed by atoms with Crippen molar-refractivity contribution in [2.75, 3.05) is 0 Å². The van der Waals surface area contributed by atoms with E-state index in [1.165, 1.54) is 5.56 Å². The van der Waals surface area contributed by atoms with Gasteiger partial charge in [0.05, 0.1) is 0 Å². The number of para-hydroxylation sites is 1. The average molecular weight is 671 g/mol. The molecule has 38 heavy (non-hydrogen) atoms. The molecule has 3 aromatic carbocycles. The van der Waals surface area contributed by atoms with E-state index in [-0.39, 0.29) is 20.1 Å². The number of hydrogen-bond donors (Lipinski definition) is 0. The fraction of sp³-hybridized carbons (Fsp3) is 0.0312. The van der Waals surface area contributed by atoms with Gasteiger partial charge < -0.3 is 9.40 Å². The van der Waals surface area contributed by atoms with Gasteiger partial charge in [-0.3, -0.25) is 0 Å². The van der Waals surface area contributed by atoms with Gasteiger partial charge in [-0.15, -0.1) is 35.9 Å². The maximum atomic E-state index is 5.81. The van der Waals surface area contributed by atoms with Gasteiger partial charge in [0.25, 0.3) is 12.4 Å². The third kappa shape index (κ3) is 5.29. The molecule has 5 nitrogen and oxygen atoms in total. The van der Waals surface area contributed by atoms with Crippen molar-refractivity contribution in [1.82, 2.24) is 9.97 Å². The molecule has 0 N–H and O–H groups in total. The van der Waals surface area contributed by atoms with Crippen LogP contribution in [0.2, 0.25) is 0 Å². The van der Waals surface area contributed by atoms with Crippen molar-refractivity contribution >= 4 is 39.5 Å². The third-order valence-corrected chi connectivity index (χ3v) is 5.92. The molecule has 0 amide bonds. The molecule has 4 heterocycles. The van der Waals surface area contributed by atoms with Crippen molar-refractivity contribution in [1.29, 1.82) is 0 Å². The summed E-state index contributed by atoms with van der Waals surface area (Å²) in [6.45, 7) is 2.03. The molecule has 0 aliphatic carbocycles. The molecule has 0 atom stereocenters. The van der Waals surface area contributed by atoms with E-state index < -0.39 is 0 Å². The van der Waals surface area contributed by atoms with Gasteiger partial charge in [0.1, 0.15) is 5.69 Å². The summed E-state index contributed by atoms with van der Waals surface area (Å²) in [5.74, 6) is 0. The summed E-state index contributed by atoms with van der Waals surface area (Å²) in [5, 5.41) is 2.02. The number of aromatic nitrogens is 2. The summed E-state index contributed by atoms with van der Waals surface area (Å²) < 4.78 is 9.64. The number of pyridine rings is 2. The van der Waals surface area contributed by atoms with E-state index in [4.69, 9.17) is 4.42 Å². The Hall–Kier alpha value is -4.47. The first kappa shape index (κ1) is 25.2. The van der Waals surface area contributed by atoms with Crippen LogP contribution in [0.5, 0.6) is 0 Å². The summed E-state index contributed by atoms with van der Waals surface area (Å²) in [6, 6.07) is 39.7. The van der Waals surface area contributed by atoms with Gasteiger partial charge in [-0.2, -0.15) is 6.07 Å². The zero-order chi connectivity index (χ0) is 25.0. The van der Waals surface area contributed by atoms with Crippen LogP contribution in [0, 0.1) is 19.1 Å². The van der Waals surface area contributed by atoms with Gasteiger partial charge in [0, 0.05) is 50.2 Å². The minimum atomic E-state index is 0. The van der Waals surface area contributed by atoms with Gasteiger partial charge in [0.2, 0.25) is 11.4 Å².